The summed E-state index contributed by atoms with van der Waals surface area (Å²) in [6.07, 6.45) is 4.72. The maximum atomic E-state index is 12.7. The van der Waals surface area contributed by atoms with Crippen LogP contribution in [0.1, 0.15) is 42.3 Å². The van der Waals surface area contributed by atoms with Crippen LogP contribution in [-0.2, 0) is 16.4 Å². The topological polar surface area (TPSA) is 79.6 Å². The van der Waals surface area contributed by atoms with Crippen LogP contribution in [0.2, 0.25) is 5.02 Å². The lowest BCUT2D eigenvalue weighted by Gasteiger charge is -2.17. The zero-order chi connectivity index (χ0) is 19.4. The highest BCUT2D eigenvalue weighted by molar-refractivity contribution is 7.89. The Kier molecular flexibility index (Phi) is 6.24. The van der Waals surface area contributed by atoms with Crippen molar-refractivity contribution in [2.45, 2.75) is 43.5 Å². The molecule has 6 nitrogen and oxygen atoms in total. The summed E-state index contributed by atoms with van der Waals surface area (Å²) in [7, 11) is -3.60. The maximum Gasteiger partial charge on any atom is 0.253 e. The fourth-order valence-electron chi connectivity index (χ4n) is 3.10. The van der Waals surface area contributed by atoms with Crippen molar-refractivity contribution >= 4 is 27.5 Å². The van der Waals surface area contributed by atoms with Crippen LogP contribution >= 0.6 is 11.6 Å². The van der Waals surface area contributed by atoms with E-state index in [0.717, 1.165) is 18.6 Å². The second-order valence-corrected chi connectivity index (χ2v) is 9.09. The summed E-state index contributed by atoms with van der Waals surface area (Å²) >= 11 is 6.16. The number of benzene rings is 1. The van der Waals surface area contributed by atoms with Gasteiger partial charge in [-0.05, 0) is 56.5 Å². The van der Waals surface area contributed by atoms with E-state index in [1.807, 2.05) is 19.1 Å². The SMILES string of the molecule is CC(CCc1ccco1)NC(=O)c1cc(S(=O)(=O)N2CCCC2)ccc1Cl. The molecule has 0 spiro atoms. The average Bonchev–Trinajstić information content (AvgIpc) is 3.34. The van der Waals surface area contributed by atoms with E-state index in [9.17, 15) is 13.2 Å². The zero-order valence-corrected chi connectivity index (χ0v) is 16.7. The maximum absolute atomic E-state index is 12.7. The molecule has 0 aliphatic carbocycles. The van der Waals surface area contributed by atoms with E-state index in [0.29, 0.717) is 25.9 Å². The fraction of sp³-hybridized carbons (Fsp3) is 0.421. The van der Waals surface area contributed by atoms with E-state index in [2.05, 4.69) is 5.32 Å². The molecule has 27 heavy (non-hydrogen) atoms. The van der Waals surface area contributed by atoms with E-state index in [1.165, 1.54) is 22.5 Å². The van der Waals surface area contributed by atoms with Gasteiger partial charge in [0.25, 0.3) is 5.91 Å². The van der Waals surface area contributed by atoms with Gasteiger partial charge in [0.2, 0.25) is 10.0 Å². The number of amides is 1. The highest BCUT2D eigenvalue weighted by Crippen LogP contribution is 2.25. The third kappa shape index (κ3) is 4.72. The molecule has 1 atom stereocenters. The van der Waals surface area contributed by atoms with Crippen molar-refractivity contribution in [3.05, 3.63) is 52.9 Å². The minimum absolute atomic E-state index is 0.0992. The Labute approximate surface area is 164 Å². The highest BCUT2D eigenvalue weighted by Gasteiger charge is 2.28. The number of carbonyl (C=O) groups excluding carboxylic acids is 1. The summed E-state index contributed by atoms with van der Waals surface area (Å²) in [5.41, 5.74) is 0.168. The largest absolute Gasteiger partial charge is 0.469 e. The molecule has 8 heteroatoms. The van der Waals surface area contributed by atoms with Crippen molar-refractivity contribution in [1.29, 1.82) is 0 Å². The van der Waals surface area contributed by atoms with E-state index in [1.54, 1.807) is 6.26 Å². The predicted molar refractivity (Wildman–Crippen MR) is 103 cm³/mol. The summed E-state index contributed by atoms with van der Waals surface area (Å²) in [6, 6.07) is 7.88. The Bertz CT molecular complexity index is 890. The second kappa shape index (κ2) is 8.46. The molecule has 1 amide bonds. The van der Waals surface area contributed by atoms with Gasteiger partial charge in [-0.15, -0.1) is 0 Å². The van der Waals surface area contributed by atoms with Crippen LogP contribution in [0.25, 0.3) is 0 Å². The lowest BCUT2D eigenvalue weighted by molar-refractivity contribution is 0.0938. The van der Waals surface area contributed by atoms with Gasteiger partial charge in [0.15, 0.2) is 0 Å². The molecular formula is C19H23ClN2O4S. The summed E-state index contributed by atoms with van der Waals surface area (Å²) in [5, 5.41) is 3.10. The Morgan fingerprint density at radius 1 is 1.30 bits per heavy atom. The lowest BCUT2D eigenvalue weighted by atomic mass is 10.1. The Morgan fingerprint density at radius 3 is 2.70 bits per heavy atom. The number of carbonyl (C=O) groups is 1. The second-order valence-electron chi connectivity index (χ2n) is 6.75. The average molecular weight is 411 g/mol. The molecule has 1 unspecified atom stereocenters. The Balaban J connectivity index is 1.70. The molecule has 1 aliphatic heterocycles. The number of hydrogen-bond acceptors (Lipinski definition) is 4. The molecule has 0 radical (unpaired) electrons. The van der Waals surface area contributed by atoms with Gasteiger partial charge in [0.1, 0.15) is 5.76 Å². The number of halogens is 1. The van der Waals surface area contributed by atoms with Gasteiger partial charge in [-0.3, -0.25) is 4.79 Å². The van der Waals surface area contributed by atoms with Gasteiger partial charge in [0.05, 0.1) is 21.7 Å². The Morgan fingerprint density at radius 2 is 2.04 bits per heavy atom. The number of sulfonamides is 1. The van der Waals surface area contributed by atoms with Crippen molar-refractivity contribution in [1.82, 2.24) is 9.62 Å². The van der Waals surface area contributed by atoms with Crippen LogP contribution in [0.3, 0.4) is 0 Å². The van der Waals surface area contributed by atoms with Crippen molar-refractivity contribution in [3.63, 3.8) is 0 Å². The standard InChI is InChI=1S/C19H23ClN2O4S/c1-14(6-7-15-5-4-12-26-15)21-19(23)17-13-16(8-9-18(17)20)27(24,25)22-10-2-3-11-22/h4-5,8-9,12-14H,2-3,6-7,10-11H2,1H3,(H,21,23). The third-order valence-corrected chi connectivity index (χ3v) is 6.89. The first kappa shape index (κ1) is 19.9. The van der Waals surface area contributed by atoms with E-state index in [4.69, 9.17) is 16.0 Å². The zero-order valence-electron chi connectivity index (χ0n) is 15.2. The van der Waals surface area contributed by atoms with Crippen molar-refractivity contribution in [3.8, 4) is 0 Å². The Hall–Kier alpha value is -1.83. The van der Waals surface area contributed by atoms with Gasteiger partial charge < -0.3 is 9.73 Å². The molecule has 146 valence electrons. The fourth-order valence-corrected chi connectivity index (χ4v) is 4.85. The molecule has 2 aromatic rings. The first-order valence-electron chi connectivity index (χ1n) is 9.01. The van der Waals surface area contributed by atoms with Crippen LogP contribution in [-0.4, -0.2) is 37.8 Å². The number of aryl methyl sites for hydroxylation is 1. The van der Waals surface area contributed by atoms with Gasteiger partial charge in [-0.25, -0.2) is 8.42 Å². The molecule has 2 heterocycles. The first-order valence-corrected chi connectivity index (χ1v) is 10.8. The molecule has 1 N–H and O–H groups in total. The predicted octanol–water partition coefficient (Wildman–Crippen LogP) is 3.47. The van der Waals surface area contributed by atoms with Crippen molar-refractivity contribution < 1.29 is 17.6 Å². The molecule has 3 rings (SSSR count). The van der Waals surface area contributed by atoms with Gasteiger partial charge in [-0.1, -0.05) is 11.6 Å². The normalized spacial score (nSPS) is 16.4. The quantitative estimate of drug-likeness (QED) is 0.757. The number of nitrogens with one attached hydrogen (secondary N) is 1. The van der Waals surface area contributed by atoms with Crippen molar-refractivity contribution in [2.24, 2.45) is 0 Å². The van der Waals surface area contributed by atoms with Crippen molar-refractivity contribution in [2.75, 3.05) is 13.1 Å². The van der Waals surface area contributed by atoms with Gasteiger partial charge in [0, 0.05) is 25.6 Å². The molecule has 1 saturated heterocycles. The lowest BCUT2D eigenvalue weighted by Crippen LogP contribution is -2.33. The summed E-state index contributed by atoms with van der Waals surface area (Å²) < 4.78 is 32.2. The molecule has 1 aromatic carbocycles. The van der Waals surface area contributed by atoms with E-state index < -0.39 is 10.0 Å². The molecule has 1 aromatic heterocycles. The van der Waals surface area contributed by atoms with Gasteiger partial charge in [-0.2, -0.15) is 4.31 Å². The van der Waals surface area contributed by atoms with Gasteiger partial charge >= 0.3 is 0 Å². The third-order valence-electron chi connectivity index (χ3n) is 4.67. The first-order chi connectivity index (χ1) is 12.9. The summed E-state index contributed by atoms with van der Waals surface area (Å²) in [5.74, 6) is 0.471. The van der Waals surface area contributed by atoms with E-state index >= 15 is 0 Å². The monoisotopic (exact) mass is 410 g/mol. The van der Waals surface area contributed by atoms with Crippen LogP contribution < -0.4 is 5.32 Å². The number of furan rings is 1. The smallest absolute Gasteiger partial charge is 0.253 e. The van der Waals surface area contributed by atoms with Crippen LogP contribution in [0.4, 0.5) is 0 Å². The highest BCUT2D eigenvalue weighted by atomic mass is 35.5. The van der Waals surface area contributed by atoms with Crippen LogP contribution in [0.5, 0.6) is 0 Å². The van der Waals surface area contributed by atoms with E-state index in [-0.39, 0.29) is 27.4 Å². The molecule has 1 fully saturated rings. The summed E-state index contributed by atoms with van der Waals surface area (Å²) in [4.78, 5) is 12.7. The molecular weight excluding hydrogens is 388 g/mol. The minimum Gasteiger partial charge on any atom is -0.469 e. The number of nitrogens with zero attached hydrogens (tertiary/aromatic N) is 1. The summed E-state index contributed by atoms with van der Waals surface area (Å²) in [6.45, 7) is 2.91. The molecule has 0 bridgehead atoms. The van der Waals surface area contributed by atoms with Crippen LogP contribution in [0, 0.1) is 0 Å². The molecule has 1 aliphatic rings. The number of rotatable bonds is 7. The minimum atomic E-state index is -3.60. The number of hydrogen-bond donors (Lipinski definition) is 1. The van der Waals surface area contributed by atoms with Crippen LogP contribution in [0.15, 0.2) is 45.9 Å². The molecule has 0 saturated carbocycles.